The molecule has 0 aromatic rings. The van der Waals surface area contributed by atoms with Crippen molar-refractivity contribution in [3.63, 3.8) is 0 Å². The van der Waals surface area contributed by atoms with Crippen LogP contribution in [-0.4, -0.2) is 0 Å². The molecule has 64 valence electrons. The lowest BCUT2D eigenvalue weighted by atomic mass is 9.71. The summed E-state index contributed by atoms with van der Waals surface area (Å²) in [6.07, 6.45) is 7.56. The lowest BCUT2D eigenvalue weighted by Gasteiger charge is -2.34. The van der Waals surface area contributed by atoms with Crippen molar-refractivity contribution in [2.45, 2.75) is 46.0 Å². The van der Waals surface area contributed by atoms with Crippen molar-refractivity contribution < 1.29 is 0 Å². The summed E-state index contributed by atoms with van der Waals surface area (Å²) in [4.78, 5) is 0. The van der Waals surface area contributed by atoms with Gasteiger partial charge in [0, 0.05) is 0 Å². The Morgan fingerprint density at radius 2 is 2.09 bits per heavy atom. The third kappa shape index (κ3) is 1.11. The van der Waals surface area contributed by atoms with Gasteiger partial charge in [0.2, 0.25) is 0 Å². The van der Waals surface area contributed by atoms with Gasteiger partial charge < -0.3 is 0 Å². The minimum Gasteiger partial charge on any atom is -0.0654 e. The maximum absolute atomic E-state index is 2.47. The number of rotatable bonds is 2. The molecule has 2 rings (SSSR count). The Morgan fingerprint density at radius 1 is 1.27 bits per heavy atom. The van der Waals surface area contributed by atoms with Crippen molar-refractivity contribution in [1.82, 2.24) is 0 Å². The van der Waals surface area contributed by atoms with Crippen LogP contribution in [0.5, 0.6) is 0 Å². The van der Waals surface area contributed by atoms with Crippen LogP contribution in [0.4, 0.5) is 0 Å². The molecule has 2 aliphatic carbocycles. The number of fused-ring (bicyclic) bond motifs is 1. The van der Waals surface area contributed by atoms with Crippen LogP contribution in [0.3, 0.4) is 0 Å². The van der Waals surface area contributed by atoms with E-state index >= 15 is 0 Å². The van der Waals surface area contributed by atoms with Crippen molar-refractivity contribution >= 4 is 0 Å². The highest BCUT2D eigenvalue weighted by Gasteiger charge is 2.45. The maximum atomic E-state index is 2.47. The van der Waals surface area contributed by atoms with Gasteiger partial charge in [0.05, 0.1) is 0 Å². The van der Waals surface area contributed by atoms with Gasteiger partial charge >= 0.3 is 0 Å². The van der Waals surface area contributed by atoms with Crippen LogP contribution in [0, 0.1) is 23.7 Å². The van der Waals surface area contributed by atoms with E-state index in [4.69, 9.17) is 0 Å². The second kappa shape index (κ2) is 2.80. The van der Waals surface area contributed by atoms with E-state index in [0.717, 1.165) is 23.7 Å². The SMILES string of the molecule is CCC[C@@H]1[C@@H]2CC[C@@H]2C[C@H]1C. The van der Waals surface area contributed by atoms with E-state index in [1.807, 2.05) is 0 Å². The Kier molecular flexibility index (Phi) is 1.95. The first kappa shape index (κ1) is 7.64. The van der Waals surface area contributed by atoms with Crippen LogP contribution in [0.2, 0.25) is 0 Å². The summed E-state index contributed by atoms with van der Waals surface area (Å²) in [5, 5.41) is 0. The standard InChI is InChI=1S/C11H20/c1-3-4-10-8(2)7-9-5-6-11(9)10/h8-11H,3-7H2,1-2H3/t8-,9-,10+,11-/m1/s1. The summed E-state index contributed by atoms with van der Waals surface area (Å²) in [5.74, 6) is 4.47. The zero-order valence-corrected chi connectivity index (χ0v) is 7.84. The largest absolute Gasteiger partial charge is 0.0654 e. The molecule has 0 aromatic heterocycles. The average molecular weight is 152 g/mol. The zero-order valence-electron chi connectivity index (χ0n) is 7.84. The molecule has 2 aliphatic rings. The first-order chi connectivity index (χ1) is 5.33. The predicted octanol–water partition coefficient (Wildman–Crippen LogP) is 3.47. The number of hydrogen-bond donors (Lipinski definition) is 0. The molecule has 0 spiro atoms. The molecule has 0 amide bonds. The molecule has 0 heterocycles. The highest BCUT2D eigenvalue weighted by Crippen LogP contribution is 2.54. The summed E-state index contributed by atoms with van der Waals surface area (Å²) in [7, 11) is 0. The van der Waals surface area contributed by atoms with E-state index in [1.54, 1.807) is 19.3 Å². The van der Waals surface area contributed by atoms with E-state index in [1.165, 1.54) is 12.8 Å². The second-order valence-electron chi connectivity index (χ2n) is 4.67. The molecule has 0 nitrogen and oxygen atoms in total. The second-order valence-corrected chi connectivity index (χ2v) is 4.67. The summed E-state index contributed by atoms with van der Waals surface area (Å²) in [6, 6.07) is 0. The van der Waals surface area contributed by atoms with Crippen molar-refractivity contribution in [2.24, 2.45) is 23.7 Å². The average Bonchev–Trinajstić information content (AvgIpc) is 2.13. The fourth-order valence-electron chi connectivity index (χ4n) is 3.36. The van der Waals surface area contributed by atoms with E-state index in [0.29, 0.717) is 0 Å². The van der Waals surface area contributed by atoms with Crippen LogP contribution in [-0.2, 0) is 0 Å². The first-order valence-electron chi connectivity index (χ1n) is 5.33. The van der Waals surface area contributed by atoms with E-state index in [2.05, 4.69) is 13.8 Å². The minimum atomic E-state index is 1.05. The first-order valence-corrected chi connectivity index (χ1v) is 5.33. The highest BCUT2D eigenvalue weighted by molar-refractivity contribution is 4.95. The number of hydrogen-bond acceptors (Lipinski definition) is 0. The van der Waals surface area contributed by atoms with Crippen molar-refractivity contribution in [3.8, 4) is 0 Å². The Bertz CT molecular complexity index is 139. The van der Waals surface area contributed by atoms with Crippen LogP contribution < -0.4 is 0 Å². The minimum absolute atomic E-state index is 1.05. The quantitative estimate of drug-likeness (QED) is 0.568. The van der Waals surface area contributed by atoms with Gasteiger partial charge in [0.15, 0.2) is 0 Å². The van der Waals surface area contributed by atoms with Crippen LogP contribution in [0.15, 0.2) is 0 Å². The third-order valence-corrected chi connectivity index (χ3v) is 4.05. The molecule has 0 bridgehead atoms. The molecule has 0 unspecified atom stereocenters. The molecule has 0 N–H and O–H groups in total. The van der Waals surface area contributed by atoms with Gasteiger partial charge in [-0.05, 0) is 42.9 Å². The van der Waals surface area contributed by atoms with Crippen molar-refractivity contribution in [2.75, 3.05) is 0 Å². The molecule has 4 atom stereocenters. The summed E-state index contributed by atoms with van der Waals surface area (Å²) in [6.45, 7) is 4.80. The fraction of sp³-hybridized carbons (Fsp3) is 1.00. The molecule has 0 heteroatoms. The lowest BCUT2D eigenvalue weighted by Crippen LogP contribution is -2.25. The Labute approximate surface area is 70.4 Å². The molecule has 2 saturated carbocycles. The topological polar surface area (TPSA) is 0 Å². The van der Waals surface area contributed by atoms with Gasteiger partial charge in [-0.25, -0.2) is 0 Å². The highest BCUT2D eigenvalue weighted by atomic mass is 14.5. The fourth-order valence-corrected chi connectivity index (χ4v) is 3.36. The van der Waals surface area contributed by atoms with Gasteiger partial charge in [-0.15, -0.1) is 0 Å². The molecule has 0 radical (unpaired) electrons. The Morgan fingerprint density at radius 3 is 2.55 bits per heavy atom. The normalized spacial score (nSPS) is 48.5. The monoisotopic (exact) mass is 152 g/mol. The third-order valence-electron chi connectivity index (χ3n) is 4.05. The van der Waals surface area contributed by atoms with Gasteiger partial charge in [0.25, 0.3) is 0 Å². The Hall–Kier alpha value is 0. The molecule has 0 aromatic carbocycles. The van der Waals surface area contributed by atoms with Gasteiger partial charge in [0.1, 0.15) is 0 Å². The van der Waals surface area contributed by atoms with Crippen LogP contribution in [0.25, 0.3) is 0 Å². The van der Waals surface area contributed by atoms with Gasteiger partial charge in [-0.3, -0.25) is 0 Å². The molecule has 11 heavy (non-hydrogen) atoms. The molecular formula is C11H20. The summed E-state index contributed by atoms with van der Waals surface area (Å²) >= 11 is 0. The zero-order chi connectivity index (χ0) is 7.84. The van der Waals surface area contributed by atoms with Crippen LogP contribution in [0.1, 0.15) is 46.0 Å². The van der Waals surface area contributed by atoms with Crippen molar-refractivity contribution in [3.05, 3.63) is 0 Å². The van der Waals surface area contributed by atoms with Crippen molar-refractivity contribution in [1.29, 1.82) is 0 Å². The van der Waals surface area contributed by atoms with Gasteiger partial charge in [-0.1, -0.05) is 26.7 Å². The van der Waals surface area contributed by atoms with E-state index in [9.17, 15) is 0 Å². The molecule has 0 saturated heterocycles. The summed E-state index contributed by atoms with van der Waals surface area (Å²) < 4.78 is 0. The maximum Gasteiger partial charge on any atom is -0.0355 e. The van der Waals surface area contributed by atoms with Crippen LogP contribution >= 0.6 is 0 Å². The smallest absolute Gasteiger partial charge is 0.0355 e. The Balaban J connectivity index is 1.96. The van der Waals surface area contributed by atoms with Gasteiger partial charge in [-0.2, -0.15) is 0 Å². The lowest BCUT2D eigenvalue weighted by molar-refractivity contribution is 0.159. The molecule has 0 aliphatic heterocycles. The molecule has 2 fully saturated rings. The molecular weight excluding hydrogens is 132 g/mol. The predicted molar refractivity (Wildman–Crippen MR) is 48.4 cm³/mol. The van der Waals surface area contributed by atoms with E-state index in [-0.39, 0.29) is 0 Å². The van der Waals surface area contributed by atoms with E-state index < -0.39 is 0 Å². The summed E-state index contributed by atoms with van der Waals surface area (Å²) in [5.41, 5.74) is 0.